The van der Waals surface area contributed by atoms with Crippen LogP contribution >= 0.6 is 0 Å². The van der Waals surface area contributed by atoms with Crippen LogP contribution in [-0.4, -0.2) is 13.1 Å². The Labute approximate surface area is 77.6 Å². The third-order valence-electron chi connectivity index (χ3n) is 1.44. The van der Waals surface area contributed by atoms with Crippen LogP contribution < -0.4 is 0 Å². The number of methoxy groups -OCH3 is 1. The van der Waals surface area contributed by atoms with Crippen LogP contribution in [0.2, 0.25) is 0 Å². The molecule has 0 aliphatic heterocycles. The number of carbonyl (C=O) groups is 1. The molecule has 0 N–H and O–H groups in total. The van der Waals surface area contributed by atoms with E-state index in [9.17, 15) is 4.79 Å². The summed E-state index contributed by atoms with van der Waals surface area (Å²) in [5.74, 6) is -0.389. The number of ether oxygens (including phenoxy) is 1. The van der Waals surface area contributed by atoms with Gasteiger partial charge in [0.05, 0.1) is 24.3 Å². The summed E-state index contributed by atoms with van der Waals surface area (Å²) in [5.41, 5.74) is 0.985. The Hall–Kier alpha value is -1.82. The van der Waals surface area contributed by atoms with Gasteiger partial charge in [0.25, 0.3) is 0 Å². The van der Waals surface area contributed by atoms with Crippen molar-refractivity contribution in [3.8, 4) is 6.07 Å². The minimum absolute atomic E-state index is 0. The summed E-state index contributed by atoms with van der Waals surface area (Å²) >= 11 is 0. The highest BCUT2D eigenvalue weighted by atomic mass is 16.5. The van der Waals surface area contributed by atoms with Crippen LogP contribution in [-0.2, 0) is 4.74 Å². The maximum absolute atomic E-state index is 10.9. The number of hydrogen-bond acceptors (Lipinski definition) is 3. The second kappa shape index (κ2) is 4.94. The first-order valence-electron chi connectivity index (χ1n) is 3.36. The van der Waals surface area contributed by atoms with Gasteiger partial charge in [-0.05, 0) is 24.3 Å². The van der Waals surface area contributed by atoms with E-state index < -0.39 is 0 Å². The van der Waals surface area contributed by atoms with Crippen LogP contribution in [0.3, 0.4) is 0 Å². The van der Waals surface area contributed by atoms with Crippen LogP contribution in [0, 0.1) is 11.3 Å². The van der Waals surface area contributed by atoms with Crippen molar-refractivity contribution in [1.29, 1.82) is 5.26 Å². The summed E-state index contributed by atoms with van der Waals surface area (Å²) in [5, 5.41) is 8.46. The maximum Gasteiger partial charge on any atom is 0.337 e. The first-order chi connectivity index (χ1) is 5.77. The molecule has 0 unspecified atom stereocenters. The normalized spacial score (nSPS) is 8.00. The molecule has 0 amide bonds. The standard InChI is InChI=1S/C9H7NO2.CH4/c1-12-9(11)8-4-2-7(6-10)3-5-8;/h2-5H,1H3;1H4. The Kier molecular flexibility index (Phi) is 4.25. The second-order valence-corrected chi connectivity index (χ2v) is 2.18. The first-order valence-corrected chi connectivity index (χ1v) is 3.36. The van der Waals surface area contributed by atoms with Crippen molar-refractivity contribution in [2.75, 3.05) is 7.11 Å². The van der Waals surface area contributed by atoms with Gasteiger partial charge >= 0.3 is 5.97 Å². The molecule has 3 heteroatoms. The molecule has 1 aromatic carbocycles. The lowest BCUT2D eigenvalue weighted by Gasteiger charge is -1.97. The fraction of sp³-hybridized carbons (Fsp3) is 0.200. The number of hydrogen-bond donors (Lipinski definition) is 0. The number of rotatable bonds is 1. The number of esters is 1. The molecule has 13 heavy (non-hydrogen) atoms. The fourth-order valence-electron chi connectivity index (χ4n) is 0.799. The highest BCUT2D eigenvalue weighted by molar-refractivity contribution is 5.89. The van der Waals surface area contributed by atoms with E-state index in [4.69, 9.17) is 5.26 Å². The number of benzene rings is 1. The third kappa shape index (κ3) is 2.60. The minimum atomic E-state index is -0.389. The summed E-state index contributed by atoms with van der Waals surface area (Å²) < 4.78 is 4.49. The molecule has 0 bridgehead atoms. The van der Waals surface area contributed by atoms with Gasteiger partial charge in [-0.15, -0.1) is 0 Å². The molecule has 0 radical (unpaired) electrons. The Morgan fingerprint density at radius 1 is 1.38 bits per heavy atom. The van der Waals surface area contributed by atoms with Gasteiger partial charge in [-0.3, -0.25) is 0 Å². The average molecular weight is 177 g/mol. The van der Waals surface area contributed by atoms with Gasteiger partial charge in [-0.25, -0.2) is 4.79 Å². The number of nitrogens with zero attached hydrogens (tertiary/aromatic N) is 1. The molecule has 3 nitrogen and oxygen atoms in total. The number of nitriles is 1. The molecule has 0 saturated heterocycles. The van der Waals surface area contributed by atoms with E-state index in [1.807, 2.05) is 6.07 Å². The Morgan fingerprint density at radius 2 is 1.92 bits per heavy atom. The van der Waals surface area contributed by atoms with Gasteiger partial charge in [0.1, 0.15) is 0 Å². The lowest BCUT2D eigenvalue weighted by Crippen LogP contribution is -2.00. The molecular weight excluding hydrogens is 166 g/mol. The van der Waals surface area contributed by atoms with Gasteiger partial charge in [0.15, 0.2) is 0 Å². The summed E-state index contributed by atoms with van der Waals surface area (Å²) in [7, 11) is 1.32. The van der Waals surface area contributed by atoms with E-state index in [1.54, 1.807) is 24.3 Å². The molecule has 0 aliphatic carbocycles. The van der Waals surface area contributed by atoms with Crippen molar-refractivity contribution in [3.05, 3.63) is 35.4 Å². The zero-order valence-corrected chi connectivity index (χ0v) is 6.57. The van der Waals surface area contributed by atoms with Gasteiger partial charge < -0.3 is 4.74 Å². The quantitative estimate of drug-likeness (QED) is 0.616. The smallest absolute Gasteiger partial charge is 0.337 e. The Bertz CT molecular complexity index is 322. The van der Waals surface area contributed by atoms with Crippen molar-refractivity contribution in [1.82, 2.24) is 0 Å². The van der Waals surface area contributed by atoms with Gasteiger partial charge in [-0.2, -0.15) is 5.26 Å². The summed E-state index contributed by atoms with van der Waals surface area (Å²) in [4.78, 5) is 10.9. The van der Waals surface area contributed by atoms with E-state index in [0.29, 0.717) is 11.1 Å². The van der Waals surface area contributed by atoms with Crippen LogP contribution in [0.15, 0.2) is 24.3 Å². The SMILES string of the molecule is C.COC(=O)c1ccc(C#N)cc1. The molecule has 1 aromatic rings. The van der Waals surface area contributed by atoms with E-state index in [2.05, 4.69) is 4.74 Å². The fourth-order valence-corrected chi connectivity index (χ4v) is 0.799. The van der Waals surface area contributed by atoms with Crippen molar-refractivity contribution in [2.45, 2.75) is 7.43 Å². The van der Waals surface area contributed by atoms with E-state index >= 15 is 0 Å². The lowest BCUT2D eigenvalue weighted by atomic mass is 10.1. The zero-order valence-electron chi connectivity index (χ0n) is 6.57. The maximum atomic E-state index is 10.9. The highest BCUT2D eigenvalue weighted by Gasteiger charge is 2.03. The van der Waals surface area contributed by atoms with Crippen molar-refractivity contribution in [3.63, 3.8) is 0 Å². The van der Waals surface area contributed by atoms with Crippen molar-refractivity contribution < 1.29 is 9.53 Å². The van der Waals surface area contributed by atoms with Crippen LogP contribution in [0.1, 0.15) is 23.3 Å². The summed E-state index contributed by atoms with van der Waals surface area (Å²) in [6, 6.07) is 8.23. The van der Waals surface area contributed by atoms with Crippen LogP contribution in [0.25, 0.3) is 0 Å². The molecule has 0 atom stereocenters. The van der Waals surface area contributed by atoms with E-state index in [0.717, 1.165) is 0 Å². The molecule has 0 fully saturated rings. The van der Waals surface area contributed by atoms with Crippen LogP contribution in [0.5, 0.6) is 0 Å². The van der Waals surface area contributed by atoms with Gasteiger partial charge in [-0.1, -0.05) is 7.43 Å². The van der Waals surface area contributed by atoms with Crippen LogP contribution in [0.4, 0.5) is 0 Å². The van der Waals surface area contributed by atoms with E-state index in [1.165, 1.54) is 7.11 Å². The zero-order chi connectivity index (χ0) is 8.97. The second-order valence-electron chi connectivity index (χ2n) is 2.18. The molecule has 68 valence electrons. The summed E-state index contributed by atoms with van der Waals surface area (Å²) in [6.45, 7) is 0. The molecule has 0 spiro atoms. The van der Waals surface area contributed by atoms with E-state index in [-0.39, 0.29) is 13.4 Å². The minimum Gasteiger partial charge on any atom is -0.465 e. The van der Waals surface area contributed by atoms with Gasteiger partial charge in [0.2, 0.25) is 0 Å². The van der Waals surface area contributed by atoms with Crippen molar-refractivity contribution in [2.24, 2.45) is 0 Å². The van der Waals surface area contributed by atoms with Crippen molar-refractivity contribution >= 4 is 5.97 Å². The molecule has 0 aromatic heterocycles. The topological polar surface area (TPSA) is 50.1 Å². The molecule has 0 aliphatic rings. The molecular formula is C10H11NO2. The molecule has 1 rings (SSSR count). The largest absolute Gasteiger partial charge is 0.465 e. The average Bonchev–Trinajstić information content (AvgIpc) is 2.17. The third-order valence-corrected chi connectivity index (χ3v) is 1.44. The Balaban J connectivity index is 0.00000144. The highest BCUT2D eigenvalue weighted by Crippen LogP contribution is 2.03. The van der Waals surface area contributed by atoms with Gasteiger partial charge in [0, 0.05) is 0 Å². The molecule has 0 heterocycles. The predicted molar refractivity (Wildman–Crippen MR) is 49.2 cm³/mol. The Morgan fingerprint density at radius 3 is 2.31 bits per heavy atom. The first kappa shape index (κ1) is 11.2. The number of carbonyl (C=O) groups excluding carboxylic acids is 1. The molecule has 0 saturated carbocycles. The predicted octanol–water partition coefficient (Wildman–Crippen LogP) is 1.98. The monoisotopic (exact) mass is 177 g/mol. The summed E-state index contributed by atoms with van der Waals surface area (Å²) in [6.07, 6.45) is 0. The lowest BCUT2D eigenvalue weighted by molar-refractivity contribution is 0.0601.